The Morgan fingerprint density at radius 2 is 1.90 bits per heavy atom. The Bertz CT molecular complexity index is 662. The largest absolute Gasteiger partial charge is 0.398 e. The second-order valence-corrected chi connectivity index (χ2v) is 6.77. The van der Waals surface area contributed by atoms with Crippen LogP contribution in [0.15, 0.2) is 57.9 Å². The molecule has 0 heterocycles. The minimum atomic E-state index is -1.46. The topological polar surface area (TPSA) is 72.2 Å². The standard InChI is InChI=1S/C15H15BrN2O2S/c16-12-6-7-13(17)14(8-12)21(20)10-15(19)18-9-11-4-2-1-3-5-11/h1-8H,9-10,17H2,(H,18,19). The molecule has 110 valence electrons. The molecule has 2 aromatic rings. The molecule has 0 saturated heterocycles. The van der Waals surface area contributed by atoms with Crippen molar-refractivity contribution in [2.45, 2.75) is 11.4 Å². The Hall–Kier alpha value is -1.66. The summed E-state index contributed by atoms with van der Waals surface area (Å²) in [6.45, 7) is 0.421. The number of nitrogens with two attached hydrogens (primary N) is 1. The number of nitrogens with one attached hydrogen (secondary N) is 1. The van der Waals surface area contributed by atoms with E-state index in [9.17, 15) is 9.00 Å². The maximum Gasteiger partial charge on any atom is 0.233 e. The van der Waals surface area contributed by atoms with E-state index in [-0.39, 0.29) is 11.7 Å². The molecular formula is C15H15BrN2O2S. The Labute approximate surface area is 134 Å². The summed E-state index contributed by atoms with van der Waals surface area (Å²) in [7, 11) is -1.46. The summed E-state index contributed by atoms with van der Waals surface area (Å²) in [5, 5.41) is 2.75. The van der Waals surface area contributed by atoms with Crippen LogP contribution in [-0.4, -0.2) is 15.9 Å². The van der Waals surface area contributed by atoms with Gasteiger partial charge in [-0.2, -0.15) is 0 Å². The summed E-state index contributed by atoms with van der Waals surface area (Å²) in [5.74, 6) is -0.371. The van der Waals surface area contributed by atoms with Gasteiger partial charge in [-0.1, -0.05) is 46.3 Å². The van der Waals surface area contributed by atoms with Crippen LogP contribution >= 0.6 is 15.9 Å². The number of hydrogen-bond donors (Lipinski definition) is 2. The summed E-state index contributed by atoms with van der Waals surface area (Å²) in [6, 6.07) is 14.7. The fourth-order valence-corrected chi connectivity index (χ4v) is 3.35. The van der Waals surface area contributed by atoms with Crippen molar-refractivity contribution < 1.29 is 9.00 Å². The van der Waals surface area contributed by atoms with Gasteiger partial charge in [0.25, 0.3) is 0 Å². The molecule has 0 aromatic heterocycles. The number of halogens is 1. The third kappa shape index (κ3) is 4.68. The second kappa shape index (κ2) is 7.38. The van der Waals surface area contributed by atoms with E-state index in [2.05, 4.69) is 21.2 Å². The van der Waals surface area contributed by atoms with E-state index in [1.165, 1.54) is 0 Å². The summed E-state index contributed by atoms with van der Waals surface area (Å²) in [4.78, 5) is 12.3. The van der Waals surface area contributed by atoms with Gasteiger partial charge in [0.05, 0.1) is 15.7 Å². The minimum absolute atomic E-state index is 0.104. The molecule has 2 aromatic carbocycles. The summed E-state index contributed by atoms with van der Waals surface area (Å²) >= 11 is 3.30. The molecule has 1 unspecified atom stereocenters. The molecule has 0 aliphatic rings. The van der Waals surface area contributed by atoms with Crippen molar-refractivity contribution in [3.05, 3.63) is 58.6 Å². The summed E-state index contributed by atoms with van der Waals surface area (Å²) in [5.41, 5.74) is 7.21. The van der Waals surface area contributed by atoms with Crippen LogP contribution in [0.4, 0.5) is 5.69 Å². The Kier molecular flexibility index (Phi) is 5.52. The van der Waals surface area contributed by atoms with Gasteiger partial charge in [0.2, 0.25) is 5.91 Å². The lowest BCUT2D eigenvalue weighted by Gasteiger charge is -2.08. The number of benzene rings is 2. The van der Waals surface area contributed by atoms with Gasteiger partial charge in [0.15, 0.2) is 0 Å². The Morgan fingerprint density at radius 3 is 2.62 bits per heavy atom. The Morgan fingerprint density at radius 1 is 1.19 bits per heavy atom. The lowest BCUT2D eigenvalue weighted by atomic mass is 10.2. The summed E-state index contributed by atoms with van der Waals surface area (Å²) < 4.78 is 13.0. The van der Waals surface area contributed by atoms with Gasteiger partial charge in [-0.3, -0.25) is 9.00 Å². The molecule has 0 bridgehead atoms. The molecule has 0 aliphatic carbocycles. The maximum atomic E-state index is 12.2. The molecule has 2 rings (SSSR count). The highest BCUT2D eigenvalue weighted by molar-refractivity contribution is 9.10. The zero-order valence-electron chi connectivity index (χ0n) is 11.2. The van der Waals surface area contributed by atoms with Crippen LogP contribution in [-0.2, 0) is 22.1 Å². The zero-order valence-corrected chi connectivity index (χ0v) is 13.6. The molecule has 0 spiro atoms. The number of anilines is 1. The van der Waals surface area contributed by atoms with E-state index >= 15 is 0 Å². The smallest absolute Gasteiger partial charge is 0.233 e. The number of rotatable bonds is 5. The molecule has 0 aliphatic heterocycles. The fraction of sp³-hybridized carbons (Fsp3) is 0.133. The number of amides is 1. The molecule has 1 atom stereocenters. The van der Waals surface area contributed by atoms with Gasteiger partial charge in [0, 0.05) is 16.7 Å². The predicted octanol–water partition coefficient (Wildman–Crippen LogP) is 2.46. The molecule has 1 amide bonds. The van der Waals surface area contributed by atoms with Crippen molar-refractivity contribution in [1.82, 2.24) is 5.32 Å². The first-order valence-electron chi connectivity index (χ1n) is 6.30. The molecule has 3 N–H and O–H groups in total. The molecule has 0 saturated carbocycles. The first-order valence-corrected chi connectivity index (χ1v) is 8.41. The average molecular weight is 367 g/mol. The van der Waals surface area contributed by atoms with Crippen molar-refractivity contribution in [2.24, 2.45) is 0 Å². The van der Waals surface area contributed by atoms with Gasteiger partial charge in [0.1, 0.15) is 5.75 Å². The number of nitrogen functional groups attached to an aromatic ring is 1. The van der Waals surface area contributed by atoms with Crippen LogP contribution in [0.5, 0.6) is 0 Å². The fourth-order valence-electron chi connectivity index (χ4n) is 1.75. The predicted molar refractivity (Wildman–Crippen MR) is 88.1 cm³/mol. The SMILES string of the molecule is Nc1ccc(Br)cc1S(=O)CC(=O)NCc1ccccc1. The van der Waals surface area contributed by atoms with Crippen molar-refractivity contribution >= 4 is 38.3 Å². The zero-order chi connectivity index (χ0) is 15.2. The van der Waals surface area contributed by atoms with E-state index in [1.807, 2.05) is 30.3 Å². The lowest BCUT2D eigenvalue weighted by Crippen LogP contribution is -2.28. The highest BCUT2D eigenvalue weighted by Gasteiger charge is 2.13. The van der Waals surface area contributed by atoms with Gasteiger partial charge >= 0.3 is 0 Å². The molecule has 4 nitrogen and oxygen atoms in total. The van der Waals surface area contributed by atoms with Gasteiger partial charge in [-0.15, -0.1) is 0 Å². The maximum absolute atomic E-state index is 12.2. The van der Waals surface area contributed by atoms with Crippen LogP contribution in [0.3, 0.4) is 0 Å². The highest BCUT2D eigenvalue weighted by Crippen LogP contribution is 2.21. The first kappa shape index (κ1) is 15.7. The molecule has 21 heavy (non-hydrogen) atoms. The number of hydrogen-bond acceptors (Lipinski definition) is 3. The van der Waals surface area contributed by atoms with E-state index < -0.39 is 10.8 Å². The van der Waals surface area contributed by atoms with Crippen LogP contribution in [0.1, 0.15) is 5.56 Å². The monoisotopic (exact) mass is 366 g/mol. The average Bonchev–Trinajstić information content (AvgIpc) is 2.48. The third-order valence-electron chi connectivity index (χ3n) is 2.82. The van der Waals surface area contributed by atoms with E-state index in [0.29, 0.717) is 17.1 Å². The van der Waals surface area contributed by atoms with E-state index in [0.717, 1.165) is 10.0 Å². The van der Waals surface area contributed by atoms with E-state index in [4.69, 9.17) is 5.73 Å². The van der Waals surface area contributed by atoms with Crippen LogP contribution in [0, 0.1) is 0 Å². The first-order chi connectivity index (χ1) is 10.1. The molecule has 6 heteroatoms. The van der Waals surface area contributed by atoms with Gasteiger partial charge in [-0.05, 0) is 23.8 Å². The minimum Gasteiger partial charge on any atom is -0.398 e. The van der Waals surface area contributed by atoms with E-state index in [1.54, 1.807) is 18.2 Å². The normalized spacial score (nSPS) is 11.9. The lowest BCUT2D eigenvalue weighted by molar-refractivity contribution is -0.118. The molecular weight excluding hydrogens is 352 g/mol. The third-order valence-corrected chi connectivity index (χ3v) is 4.68. The van der Waals surface area contributed by atoms with Crippen LogP contribution < -0.4 is 11.1 Å². The van der Waals surface area contributed by atoms with Crippen LogP contribution in [0.2, 0.25) is 0 Å². The van der Waals surface area contributed by atoms with Crippen molar-refractivity contribution in [1.29, 1.82) is 0 Å². The van der Waals surface area contributed by atoms with Crippen molar-refractivity contribution in [3.63, 3.8) is 0 Å². The van der Waals surface area contributed by atoms with Crippen molar-refractivity contribution in [2.75, 3.05) is 11.5 Å². The van der Waals surface area contributed by atoms with Crippen LogP contribution in [0.25, 0.3) is 0 Å². The second-order valence-electron chi connectivity index (χ2n) is 4.43. The molecule has 0 radical (unpaired) electrons. The molecule has 0 fully saturated rings. The van der Waals surface area contributed by atoms with Gasteiger partial charge in [-0.25, -0.2) is 0 Å². The summed E-state index contributed by atoms with van der Waals surface area (Å²) in [6.07, 6.45) is 0. The Balaban J connectivity index is 1.93. The highest BCUT2D eigenvalue weighted by atomic mass is 79.9. The quantitative estimate of drug-likeness (QED) is 0.798. The number of carbonyl (C=O) groups excluding carboxylic acids is 1. The van der Waals surface area contributed by atoms with Gasteiger partial charge < -0.3 is 11.1 Å². The number of carbonyl (C=O) groups is 1. The van der Waals surface area contributed by atoms with Crippen molar-refractivity contribution in [3.8, 4) is 0 Å².